The van der Waals surface area contributed by atoms with Gasteiger partial charge in [-0.05, 0) is 29.8 Å². The average Bonchev–Trinajstić information content (AvgIpc) is 2.94. The van der Waals surface area contributed by atoms with Crippen molar-refractivity contribution in [2.45, 2.75) is 20.4 Å². The number of aromatic nitrogens is 2. The van der Waals surface area contributed by atoms with Gasteiger partial charge in [0.05, 0.1) is 5.52 Å². The molecule has 3 aromatic rings. The summed E-state index contributed by atoms with van der Waals surface area (Å²) in [5.41, 5.74) is 2.99. The molecule has 0 aliphatic carbocycles. The number of nitrogens with zero attached hydrogens (tertiary/aromatic N) is 2. The maximum Gasteiger partial charge on any atom is 0.166 e. The number of rotatable bonds is 4. The van der Waals surface area contributed by atoms with Crippen LogP contribution in [0, 0.1) is 5.92 Å². The van der Waals surface area contributed by atoms with Crippen LogP contribution in [0.15, 0.2) is 55.0 Å². The Hall–Kier alpha value is -2.42. The summed E-state index contributed by atoms with van der Waals surface area (Å²) in [6.07, 6.45) is 5.69. The molecule has 0 N–H and O–H groups in total. The van der Waals surface area contributed by atoms with Gasteiger partial charge in [0, 0.05) is 42.0 Å². The summed E-state index contributed by atoms with van der Waals surface area (Å²) in [5.74, 6) is 0.226. The fourth-order valence-corrected chi connectivity index (χ4v) is 2.45. The zero-order valence-electron chi connectivity index (χ0n) is 12.3. The Morgan fingerprint density at radius 3 is 2.90 bits per heavy atom. The lowest BCUT2D eigenvalue weighted by molar-refractivity contribution is 0.0939. The lowest BCUT2D eigenvalue weighted by Crippen LogP contribution is -2.06. The van der Waals surface area contributed by atoms with Gasteiger partial charge in [0.1, 0.15) is 0 Å². The van der Waals surface area contributed by atoms with Crippen molar-refractivity contribution in [1.29, 1.82) is 0 Å². The first-order valence-corrected chi connectivity index (χ1v) is 7.17. The molecule has 0 atom stereocenters. The third-order valence-electron chi connectivity index (χ3n) is 3.59. The summed E-state index contributed by atoms with van der Waals surface area (Å²) in [4.78, 5) is 16.3. The van der Waals surface area contributed by atoms with Gasteiger partial charge in [-0.1, -0.05) is 26.0 Å². The van der Waals surface area contributed by atoms with Crippen LogP contribution in [-0.2, 0) is 6.54 Å². The number of pyridine rings is 1. The normalized spacial score (nSPS) is 11.2. The monoisotopic (exact) mass is 278 g/mol. The second kappa shape index (κ2) is 5.52. The summed E-state index contributed by atoms with van der Waals surface area (Å²) in [5, 5.41) is 1.14. The minimum atomic E-state index is 0.0348. The highest BCUT2D eigenvalue weighted by molar-refractivity contribution is 5.97. The van der Waals surface area contributed by atoms with Crippen molar-refractivity contribution in [1.82, 2.24) is 9.55 Å². The number of carbonyl (C=O) groups is 1. The van der Waals surface area contributed by atoms with Crippen molar-refractivity contribution in [2.75, 3.05) is 0 Å². The number of Topliss-reactive ketones (excluding diaryl/α,β-unsaturated/α-hetero) is 1. The van der Waals surface area contributed by atoms with Crippen molar-refractivity contribution in [3.63, 3.8) is 0 Å². The van der Waals surface area contributed by atoms with Crippen molar-refractivity contribution >= 4 is 16.7 Å². The SMILES string of the molecule is CC(C)C(=O)c1ccn(Cc2ccc3ncccc3c2)c1. The van der Waals surface area contributed by atoms with Gasteiger partial charge in [0.2, 0.25) is 0 Å². The largest absolute Gasteiger partial charge is 0.349 e. The number of benzene rings is 1. The molecule has 0 bridgehead atoms. The van der Waals surface area contributed by atoms with E-state index in [2.05, 4.69) is 23.2 Å². The second-order valence-corrected chi connectivity index (χ2v) is 5.62. The Bertz CT molecular complexity index is 787. The quantitative estimate of drug-likeness (QED) is 0.678. The second-order valence-electron chi connectivity index (χ2n) is 5.62. The van der Waals surface area contributed by atoms with E-state index in [0.29, 0.717) is 0 Å². The molecule has 0 fully saturated rings. The first-order chi connectivity index (χ1) is 10.1. The third kappa shape index (κ3) is 2.87. The van der Waals surface area contributed by atoms with E-state index in [9.17, 15) is 4.79 Å². The van der Waals surface area contributed by atoms with Gasteiger partial charge in [-0.2, -0.15) is 0 Å². The molecule has 3 nitrogen and oxygen atoms in total. The van der Waals surface area contributed by atoms with E-state index >= 15 is 0 Å². The molecule has 1 aromatic carbocycles. The molecule has 0 saturated carbocycles. The number of ketones is 1. The summed E-state index contributed by atoms with van der Waals surface area (Å²) < 4.78 is 2.05. The zero-order chi connectivity index (χ0) is 14.8. The molecule has 0 aliphatic heterocycles. The predicted molar refractivity (Wildman–Crippen MR) is 84.4 cm³/mol. The summed E-state index contributed by atoms with van der Waals surface area (Å²) in [6, 6.07) is 12.2. The van der Waals surface area contributed by atoms with Gasteiger partial charge in [0.25, 0.3) is 0 Å². The van der Waals surface area contributed by atoms with E-state index in [-0.39, 0.29) is 11.7 Å². The van der Waals surface area contributed by atoms with Crippen LogP contribution in [0.3, 0.4) is 0 Å². The molecule has 21 heavy (non-hydrogen) atoms. The molecule has 0 amide bonds. The lowest BCUT2D eigenvalue weighted by Gasteiger charge is -2.05. The van der Waals surface area contributed by atoms with Crippen LogP contribution in [0.4, 0.5) is 0 Å². The molecule has 2 aromatic heterocycles. The first-order valence-electron chi connectivity index (χ1n) is 7.17. The van der Waals surface area contributed by atoms with E-state index in [1.165, 1.54) is 5.56 Å². The molecule has 106 valence electrons. The van der Waals surface area contributed by atoms with Crippen LogP contribution in [0.5, 0.6) is 0 Å². The Labute approximate surface area is 124 Å². The highest BCUT2D eigenvalue weighted by Gasteiger charge is 2.11. The minimum Gasteiger partial charge on any atom is -0.349 e. The first kappa shape index (κ1) is 13.6. The smallest absolute Gasteiger partial charge is 0.166 e. The van der Waals surface area contributed by atoms with Crippen molar-refractivity contribution in [3.8, 4) is 0 Å². The maximum absolute atomic E-state index is 12.0. The van der Waals surface area contributed by atoms with Crippen molar-refractivity contribution in [2.24, 2.45) is 5.92 Å². The number of hydrogen-bond donors (Lipinski definition) is 0. The van der Waals surface area contributed by atoms with Gasteiger partial charge >= 0.3 is 0 Å². The fraction of sp³-hybridized carbons (Fsp3) is 0.222. The summed E-state index contributed by atoms with van der Waals surface area (Å²) in [7, 11) is 0. The standard InChI is InChI=1S/C18H18N2O/c1-13(2)18(21)16-7-9-20(12-16)11-14-5-6-17-15(10-14)4-3-8-19-17/h3-10,12-13H,11H2,1-2H3. The number of hydrogen-bond acceptors (Lipinski definition) is 2. The molecular weight excluding hydrogens is 260 g/mol. The molecule has 0 radical (unpaired) electrons. The Balaban J connectivity index is 1.83. The van der Waals surface area contributed by atoms with Crippen LogP contribution in [0.2, 0.25) is 0 Å². The van der Waals surface area contributed by atoms with Gasteiger partial charge in [0.15, 0.2) is 5.78 Å². The Morgan fingerprint density at radius 2 is 2.10 bits per heavy atom. The highest BCUT2D eigenvalue weighted by atomic mass is 16.1. The van der Waals surface area contributed by atoms with Crippen molar-refractivity contribution < 1.29 is 4.79 Å². The summed E-state index contributed by atoms with van der Waals surface area (Å²) in [6.45, 7) is 4.61. The average molecular weight is 278 g/mol. The Morgan fingerprint density at radius 1 is 1.24 bits per heavy atom. The van der Waals surface area contributed by atoms with Gasteiger partial charge in [-0.3, -0.25) is 9.78 Å². The molecular formula is C18H18N2O. The van der Waals surface area contributed by atoms with Crippen LogP contribution < -0.4 is 0 Å². The molecule has 2 heterocycles. The molecule has 3 heteroatoms. The third-order valence-corrected chi connectivity index (χ3v) is 3.59. The van der Waals surface area contributed by atoms with E-state index < -0.39 is 0 Å². The van der Waals surface area contributed by atoms with Crippen LogP contribution >= 0.6 is 0 Å². The fourth-order valence-electron chi connectivity index (χ4n) is 2.45. The molecule has 3 rings (SSSR count). The summed E-state index contributed by atoms with van der Waals surface area (Å²) >= 11 is 0. The van der Waals surface area contributed by atoms with Crippen LogP contribution in [0.1, 0.15) is 29.8 Å². The highest BCUT2D eigenvalue weighted by Crippen LogP contribution is 2.15. The Kier molecular flexibility index (Phi) is 3.57. The van der Waals surface area contributed by atoms with E-state index in [0.717, 1.165) is 23.0 Å². The zero-order valence-corrected chi connectivity index (χ0v) is 12.3. The van der Waals surface area contributed by atoms with E-state index in [4.69, 9.17) is 0 Å². The van der Waals surface area contributed by atoms with Crippen molar-refractivity contribution in [3.05, 3.63) is 66.1 Å². The van der Waals surface area contributed by atoms with E-state index in [1.807, 2.05) is 49.0 Å². The number of fused-ring (bicyclic) bond motifs is 1. The van der Waals surface area contributed by atoms with Gasteiger partial charge in [-0.25, -0.2) is 0 Å². The lowest BCUT2D eigenvalue weighted by atomic mass is 10.0. The van der Waals surface area contributed by atoms with E-state index in [1.54, 1.807) is 6.20 Å². The molecule has 0 unspecified atom stereocenters. The number of carbonyl (C=O) groups excluding carboxylic acids is 1. The van der Waals surface area contributed by atoms with Crippen LogP contribution in [-0.4, -0.2) is 15.3 Å². The minimum absolute atomic E-state index is 0.0348. The topological polar surface area (TPSA) is 34.9 Å². The molecule has 0 aliphatic rings. The molecule has 0 spiro atoms. The van der Waals surface area contributed by atoms with Gasteiger partial charge < -0.3 is 4.57 Å². The molecule has 0 saturated heterocycles. The maximum atomic E-state index is 12.0. The van der Waals surface area contributed by atoms with Gasteiger partial charge in [-0.15, -0.1) is 0 Å². The predicted octanol–water partition coefficient (Wildman–Crippen LogP) is 3.92. The van der Waals surface area contributed by atoms with Crippen LogP contribution in [0.25, 0.3) is 10.9 Å².